The molecule has 0 radical (unpaired) electrons. The molecule has 20 heavy (non-hydrogen) atoms. The zero-order valence-corrected chi connectivity index (χ0v) is 12.3. The van der Waals surface area contributed by atoms with Crippen molar-refractivity contribution in [1.82, 2.24) is 5.16 Å². The van der Waals surface area contributed by atoms with Crippen LogP contribution in [0.25, 0.3) is 0 Å². The molecule has 0 saturated heterocycles. The van der Waals surface area contributed by atoms with E-state index in [1.54, 1.807) is 12.1 Å². The maximum Gasteiger partial charge on any atom is 0.224 e. The van der Waals surface area contributed by atoms with E-state index in [4.69, 9.17) is 10.3 Å². The van der Waals surface area contributed by atoms with E-state index in [0.29, 0.717) is 24.2 Å². The molecule has 2 rings (SSSR count). The third-order valence-corrected chi connectivity index (χ3v) is 3.02. The van der Waals surface area contributed by atoms with Crippen molar-refractivity contribution >= 4 is 29.7 Å². The second kappa shape index (κ2) is 6.96. The molecule has 1 aromatic carbocycles. The Morgan fingerprint density at radius 2 is 2.05 bits per heavy atom. The van der Waals surface area contributed by atoms with E-state index in [-0.39, 0.29) is 18.3 Å². The molecule has 0 bridgehead atoms. The van der Waals surface area contributed by atoms with Crippen molar-refractivity contribution in [2.45, 2.75) is 26.7 Å². The first kappa shape index (κ1) is 16.0. The number of hydrogen-bond acceptors (Lipinski definition) is 4. The Bertz CT molecular complexity index is 576. The van der Waals surface area contributed by atoms with Crippen LogP contribution in [0.4, 0.5) is 11.4 Å². The monoisotopic (exact) mass is 295 g/mol. The number of aromatic nitrogens is 1. The number of nitrogens with two attached hydrogens (primary N) is 1. The minimum atomic E-state index is -0.0714. The molecule has 0 aliphatic carbocycles. The third kappa shape index (κ3) is 3.74. The summed E-state index contributed by atoms with van der Waals surface area (Å²) in [6.07, 6.45) is 0.983. The highest BCUT2D eigenvalue weighted by molar-refractivity contribution is 5.93. The molecule has 0 aliphatic heterocycles. The first-order valence-electron chi connectivity index (χ1n) is 6.14. The summed E-state index contributed by atoms with van der Waals surface area (Å²) in [5.41, 5.74) is 8.81. The van der Waals surface area contributed by atoms with Crippen LogP contribution in [-0.2, 0) is 11.2 Å². The molecule has 0 unspecified atom stereocenters. The van der Waals surface area contributed by atoms with Gasteiger partial charge in [0.1, 0.15) is 5.76 Å². The SMILES string of the molecule is Cc1noc(C)c1CCC(=O)Nc1ccccc1N.Cl. The first-order chi connectivity index (χ1) is 9.08. The number of nitrogen functional groups attached to an aromatic ring is 1. The smallest absolute Gasteiger partial charge is 0.224 e. The van der Waals surface area contributed by atoms with Crippen molar-refractivity contribution in [2.75, 3.05) is 11.1 Å². The molecule has 2 aromatic rings. The van der Waals surface area contributed by atoms with Gasteiger partial charge in [0.15, 0.2) is 0 Å². The van der Waals surface area contributed by atoms with Gasteiger partial charge in [-0.25, -0.2) is 0 Å². The van der Waals surface area contributed by atoms with Gasteiger partial charge in [0, 0.05) is 12.0 Å². The van der Waals surface area contributed by atoms with E-state index in [1.165, 1.54) is 0 Å². The number of halogens is 1. The van der Waals surface area contributed by atoms with Gasteiger partial charge in [-0.05, 0) is 32.4 Å². The second-order valence-electron chi connectivity index (χ2n) is 4.44. The Morgan fingerprint density at radius 1 is 1.35 bits per heavy atom. The van der Waals surface area contributed by atoms with E-state index in [1.807, 2.05) is 26.0 Å². The first-order valence-corrected chi connectivity index (χ1v) is 6.14. The molecule has 3 N–H and O–H groups in total. The number of hydrogen-bond donors (Lipinski definition) is 2. The molecule has 5 nitrogen and oxygen atoms in total. The molecule has 1 heterocycles. The number of amides is 1. The normalized spacial score (nSPS) is 9.90. The number of anilines is 2. The molecule has 108 valence electrons. The summed E-state index contributed by atoms with van der Waals surface area (Å²) in [5.74, 6) is 0.697. The van der Waals surface area contributed by atoms with E-state index < -0.39 is 0 Å². The summed E-state index contributed by atoms with van der Waals surface area (Å²) in [6.45, 7) is 3.72. The number of para-hydroxylation sites is 2. The molecule has 6 heteroatoms. The molecule has 0 aliphatic rings. The molecular weight excluding hydrogens is 278 g/mol. The number of aryl methyl sites for hydroxylation is 2. The molecule has 0 saturated carbocycles. The molecular formula is C14H18ClN3O2. The van der Waals surface area contributed by atoms with Crippen molar-refractivity contribution in [3.8, 4) is 0 Å². The Labute approximate surface area is 123 Å². The van der Waals surface area contributed by atoms with Gasteiger partial charge in [-0.15, -0.1) is 12.4 Å². The fraction of sp³-hybridized carbons (Fsp3) is 0.286. The van der Waals surface area contributed by atoms with Crippen molar-refractivity contribution in [3.63, 3.8) is 0 Å². The Hall–Kier alpha value is -2.01. The van der Waals surface area contributed by atoms with Gasteiger partial charge in [0.2, 0.25) is 5.91 Å². The number of benzene rings is 1. The highest BCUT2D eigenvalue weighted by Crippen LogP contribution is 2.18. The van der Waals surface area contributed by atoms with Gasteiger partial charge in [0.05, 0.1) is 17.1 Å². The van der Waals surface area contributed by atoms with Gasteiger partial charge in [-0.2, -0.15) is 0 Å². The van der Waals surface area contributed by atoms with Crippen molar-refractivity contribution < 1.29 is 9.32 Å². The quantitative estimate of drug-likeness (QED) is 0.850. The van der Waals surface area contributed by atoms with Crippen LogP contribution in [0.5, 0.6) is 0 Å². The van der Waals surface area contributed by atoms with Crippen LogP contribution in [0.15, 0.2) is 28.8 Å². The summed E-state index contributed by atoms with van der Waals surface area (Å²) in [7, 11) is 0. The third-order valence-electron chi connectivity index (χ3n) is 3.02. The van der Waals surface area contributed by atoms with Gasteiger partial charge in [-0.3, -0.25) is 4.79 Å². The van der Waals surface area contributed by atoms with Crippen LogP contribution in [-0.4, -0.2) is 11.1 Å². The lowest BCUT2D eigenvalue weighted by atomic mass is 10.1. The highest BCUT2D eigenvalue weighted by atomic mass is 35.5. The van der Waals surface area contributed by atoms with Crippen LogP contribution in [0, 0.1) is 13.8 Å². The van der Waals surface area contributed by atoms with Gasteiger partial charge in [0.25, 0.3) is 0 Å². The maximum atomic E-state index is 11.9. The lowest BCUT2D eigenvalue weighted by Crippen LogP contribution is -2.13. The van der Waals surface area contributed by atoms with E-state index in [9.17, 15) is 4.79 Å². The number of carbonyl (C=O) groups excluding carboxylic acids is 1. The molecule has 1 aromatic heterocycles. The van der Waals surface area contributed by atoms with Gasteiger partial charge in [-0.1, -0.05) is 17.3 Å². The lowest BCUT2D eigenvalue weighted by Gasteiger charge is -2.07. The summed E-state index contributed by atoms with van der Waals surface area (Å²) in [6, 6.07) is 7.20. The molecule has 0 spiro atoms. The summed E-state index contributed by atoms with van der Waals surface area (Å²) >= 11 is 0. The number of rotatable bonds is 4. The van der Waals surface area contributed by atoms with Crippen LogP contribution >= 0.6 is 12.4 Å². The largest absolute Gasteiger partial charge is 0.397 e. The molecule has 1 amide bonds. The predicted molar refractivity (Wildman–Crippen MR) is 81.0 cm³/mol. The van der Waals surface area contributed by atoms with Crippen molar-refractivity contribution in [2.24, 2.45) is 0 Å². The average molecular weight is 296 g/mol. The zero-order chi connectivity index (χ0) is 13.8. The fourth-order valence-electron chi connectivity index (χ4n) is 1.92. The maximum absolute atomic E-state index is 11.9. The van der Waals surface area contributed by atoms with Crippen LogP contribution in [0.3, 0.4) is 0 Å². The Balaban J connectivity index is 0.00000200. The minimum absolute atomic E-state index is 0. The number of carbonyl (C=O) groups is 1. The summed E-state index contributed by atoms with van der Waals surface area (Å²) in [4.78, 5) is 11.9. The topological polar surface area (TPSA) is 81.2 Å². The average Bonchev–Trinajstić information content (AvgIpc) is 2.70. The summed E-state index contributed by atoms with van der Waals surface area (Å²) in [5, 5.41) is 6.66. The van der Waals surface area contributed by atoms with E-state index in [0.717, 1.165) is 17.0 Å². The van der Waals surface area contributed by atoms with E-state index >= 15 is 0 Å². The van der Waals surface area contributed by atoms with Crippen LogP contribution in [0.1, 0.15) is 23.4 Å². The van der Waals surface area contributed by atoms with Crippen LogP contribution in [0.2, 0.25) is 0 Å². The number of nitrogens with one attached hydrogen (secondary N) is 1. The minimum Gasteiger partial charge on any atom is -0.397 e. The van der Waals surface area contributed by atoms with Crippen molar-refractivity contribution in [3.05, 3.63) is 41.3 Å². The standard InChI is InChI=1S/C14H17N3O2.ClH/c1-9-11(10(2)19-17-9)7-8-14(18)16-13-6-4-3-5-12(13)15;/h3-6H,7-8,15H2,1-2H3,(H,16,18);1H. The van der Waals surface area contributed by atoms with Gasteiger partial charge >= 0.3 is 0 Å². The van der Waals surface area contributed by atoms with Gasteiger partial charge < -0.3 is 15.6 Å². The molecule has 0 atom stereocenters. The predicted octanol–water partition coefficient (Wildman–Crippen LogP) is 2.87. The Morgan fingerprint density at radius 3 is 2.65 bits per heavy atom. The summed E-state index contributed by atoms with van der Waals surface area (Å²) < 4.78 is 5.06. The lowest BCUT2D eigenvalue weighted by molar-refractivity contribution is -0.116. The second-order valence-corrected chi connectivity index (χ2v) is 4.44. The highest BCUT2D eigenvalue weighted by Gasteiger charge is 2.11. The molecule has 0 fully saturated rings. The fourth-order valence-corrected chi connectivity index (χ4v) is 1.92. The Kier molecular flexibility index (Phi) is 5.58. The zero-order valence-electron chi connectivity index (χ0n) is 11.5. The van der Waals surface area contributed by atoms with Crippen LogP contribution < -0.4 is 11.1 Å². The van der Waals surface area contributed by atoms with E-state index in [2.05, 4.69) is 10.5 Å². The van der Waals surface area contributed by atoms with Crippen molar-refractivity contribution in [1.29, 1.82) is 0 Å². The number of nitrogens with zero attached hydrogens (tertiary/aromatic N) is 1.